The molecule has 1 aromatic rings. The van der Waals surface area contributed by atoms with Crippen LogP contribution in [-0.4, -0.2) is 58.7 Å². The van der Waals surface area contributed by atoms with Crippen LogP contribution in [0.25, 0.3) is 0 Å². The minimum absolute atomic E-state index is 0.129. The fourth-order valence-corrected chi connectivity index (χ4v) is 3.08. The van der Waals surface area contributed by atoms with E-state index in [1.54, 1.807) is 6.07 Å². The van der Waals surface area contributed by atoms with Crippen LogP contribution in [0.4, 0.5) is 0 Å². The van der Waals surface area contributed by atoms with Crippen LogP contribution in [0, 0.1) is 18.8 Å². The molecule has 6 heteroatoms. The molecule has 6 nitrogen and oxygen atoms in total. The highest BCUT2D eigenvalue weighted by Gasteiger charge is 2.18. The molecule has 24 heavy (non-hydrogen) atoms. The lowest BCUT2D eigenvalue weighted by Gasteiger charge is -2.30. The van der Waals surface area contributed by atoms with Crippen molar-refractivity contribution in [2.45, 2.75) is 40.0 Å². The minimum atomic E-state index is -0.129. The zero-order chi connectivity index (χ0) is 17.5. The Morgan fingerprint density at radius 2 is 2.08 bits per heavy atom. The zero-order valence-electron chi connectivity index (χ0n) is 15.1. The third-order valence-electron chi connectivity index (χ3n) is 4.42. The average Bonchev–Trinajstić information content (AvgIpc) is 2.54. The number of nitrogens with one attached hydrogen (secondary N) is 1. The van der Waals surface area contributed by atoms with Crippen LogP contribution < -0.4 is 5.32 Å². The van der Waals surface area contributed by atoms with Crippen LogP contribution in [-0.2, 0) is 6.42 Å². The zero-order valence-corrected chi connectivity index (χ0v) is 15.1. The van der Waals surface area contributed by atoms with Gasteiger partial charge < -0.3 is 15.3 Å². The van der Waals surface area contributed by atoms with E-state index < -0.39 is 0 Å². The van der Waals surface area contributed by atoms with E-state index in [4.69, 9.17) is 5.11 Å². The van der Waals surface area contributed by atoms with Crippen LogP contribution in [0.2, 0.25) is 0 Å². The number of carbonyl (C=O) groups excluding carboxylic acids is 1. The number of aliphatic hydroxyl groups excluding tert-OH is 1. The van der Waals surface area contributed by atoms with Crippen molar-refractivity contribution in [3.63, 3.8) is 0 Å². The highest BCUT2D eigenvalue weighted by atomic mass is 16.3. The summed E-state index contributed by atoms with van der Waals surface area (Å²) in [5, 5.41) is 12.1. The average molecular weight is 334 g/mol. The molecular weight excluding hydrogens is 304 g/mol. The smallest absolute Gasteiger partial charge is 0.270 e. The normalized spacial score (nSPS) is 16.5. The standard InChI is InChI=1S/C18H30N4O2/c1-13(2)10-16-11-17(21-14(3)20-16)18(24)19-6-9-22-7-4-15(12-23)5-8-22/h11,13,15,23H,4-10,12H2,1-3H3,(H,19,24). The Balaban J connectivity index is 1.81. The number of rotatable bonds is 7. The molecule has 0 spiro atoms. The van der Waals surface area contributed by atoms with E-state index in [9.17, 15) is 4.79 Å². The Morgan fingerprint density at radius 3 is 2.71 bits per heavy atom. The maximum atomic E-state index is 12.3. The van der Waals surface area contributed by atoms with Gasteiger partial charge in [-0.15, -0.1) is 0 Å². The topological polar surface area (TPSA) is 78.4 Å². The monoisotopic (exact) mass is 334 g/mol. The third-order valence-corrected chi connectivity index (χ3v) is 4.42. The second kappa shape index (κ2) is 9.08. The molecule has 1 aromatic heterocycles. The molecule has 2 N–H and O–H groups in total. The predicted molar refractivity (Wildman–Crippen MR) is 93.9 cm³/mol. The second-order valence-electron chi connectivity index (χ2n) is 7.11. The van der Waals surface area contributed by atoms with Gasteiger partial charge >= 0.3 is 0 Å². The van der Waals surface area contributed by atoms with E-state index in [1.165, 1.54) is 0 Å². The van der Waals surface area contributed by atoms with Crippen LogP contribution in [0.3, 0.4) is 0 Å². The largest absolute Gasteiger partial charge is 0.396 e. The molecule has 134 valence electrons. The molecule has 0 aromatic carbocycles. The molecule has 1 amide bonds. The fraction of sp³-hybridized carbons (Fsp3) is 0.722. The lowest BCUT2D eigenvalue weighted by atomic mass is 9.98. The number of aliphatic hydroxyl groups is 1. The van der Waals surface area contributed by atoms with E-state index in [1.807, 2.05) is 6.92 Å². The molecule has 2 heterocycles. The first kappa shape index (κ1) is 18.8. The number of aryl methyl sites for hydroxylation is 1. The van der Waals surface area contributed by atoms with Crippen molar-refractivity contribution in [3.8, 4) is 0 Å². The number of carbonyl (C=O) groups is 1. The summed E-state index contributed by atoms with van der Waals surface area (Å²) >= 11 is 0. The summed E-state index contributed by atoms with van der Waals surface area (Å²) in [4.78, 5) is 23.3. The highest BCUT2D eigenvalue weighted by Crippen LogP contribution is 2.15. The van der Waals surface area contributed by atoms with Crippen molar-refractivity contribution >= 4 is 5.91 Å². The van der Waals surface area contributed by atoms with Crippen molar-refractivity contribution in [2.75, 3.05) is 32.8 Å². The van der Waals surface area contributed by atoms with Crippen LogP contribution >= 0.6 is 0 Å². The van der Waals surface area contributed by atoms with E-state index in [2.05, 4.69) is 34.0 Å². The number of aromatic nitrogens is 2. The maximum Gasteiger partial charge on any atom is 0.270 e. The quantitative estimate of drug-likeness (QED) is 0.788. The summed E-state index contributed by atoms with van der Waals surface area (Å²) in [7, 11) is 0. The van der Waals surface area contributed by atoms with Crippen molar-refractivity contribution in [2.24, 2.45) is 11.8 Å². The summed E-state index contributed by atoms with van der Waals surface area (Å²) in [5.41, 5.74) is 1.38. The Morgan fingerprint density at radius 1 is 1.38 bits per heavy atom. The van der Waals surface area contributed by atoms with Crippen molar-refractivity contribution < 1.29 is 9.90 Å². The van der Waals surface area contributed by atoms with E-state index in [0.29, 0.717) is 29.9 Å². The number of hydrogen-bond acceptors (Lipinski definition) is 5. The van der Waals surface area contributed by atoms with E-state index >= 15 is 0 Å². The number of amides is 1. The molecule has 0 radical (unpaired) electrons. The number of hydrogen-bond donors (Lipinski definition) is 2. The Hall–Kier alpha value is -1.53. The van der Waals surface area contributed by atoms with E-state index in [0.717, 1.165) is 44.6 Å². The molecule has 2 rings (SSSR count). The molecular formula is C18H30N4O2. The molecule has 0 bridgehead atoms. The first-order valence-corrected chi connectivity index (χ1v) is 8.94. The van der Waals surface area contributed by atoms with Crippen molar-refractivity contribution in [1.82, 2.24) is 20.2 Å². The lowest BCUT2D eigenvalue weighted by Crippen LogP contribution is -2.40. The summed E-state index contributed by atoms with van der Waals surface area (Å²) in [6.07, 6.45) is 2.92. The first-order valence-electron chi connectivity index (χ1n) is 8.94. The number of piperidine rings is 1. The molecule has 0 atom stereocenters. The van der Waals surface area contributed by atoms with Gasteiger partial charge in [-0.3, -0.25) is 4.79 Å². The van der Waals surface area contributed by atoms with Crippen LogP contribution in [0.15, 0.2) is 6.07 Å². The molecule has 0 aliphatic carbocycles. The molecule has 1 fully saturated rings. The summed E-state index contributed by atoms with van der Waals surface area (Å²) in [6, 6.07) is 1.80. The van der Waals surface area contributed by atoms with Gasteiger partial charge in [0.1, 0.15) is 11.5 Å². The van der Waals surface area contributed by atoms with Gasteiger partial charge in [0.15, 0.2) is 0 Å². The predicted octanol–water partition coefficient (Wildman–Crippen LogP) is 1.42. The van der Waals surface area contributed by atoms with Gasteiger partial charge in [-0.2, -0.15) is 0 Å². The van der Waals surface area contributed by atoms with Crippen LogP contribution in [0.1, 0.15) is 48.7 Å². The maximum absolute atomic E-state index is 12.3. The lowest BCUT2D eigenvalue weighted by molar-refractivity contribution is 0.0933. The SMILES string of the molecule is Cc1nc(CC(C)C)cc(C(=O)NCCN2CCC(CO)CC2)n1. The van der Waals surface area contributed by atoms with Gasteiger partial charge in [-0.25, -0.2) is 9.97 Å². The summed E-state index contributed by atoms with van der Waals surface area (Å²) in [6.45, 7) is 9.83. The molecule has 0 unspecified atom stereocenters. The van der Waals surface area contributed by atoms with Gasteiger partial charge in [-0.1, -0.05) is 13.8 Å². The third kappa shape index (κ3) is 5.83. The molecule has 1 aliphatic heterocycles. The van der Waals surface area contributed by atoms with Crippen molar-refractivity contribution in [1.29, 1.82) is 0 Å². The Labute approximate surface area is 144 Å². The Bertz CT molecular complexity index is 540. The second-order valence-corrected chi connectivity index (χ2v) is 7.11. The van der Waals surface area contributed by atoms with Gasteiger partial charge in [0.25, 0.3) is 5.91 Å². The van der Waals surface area contributed by atoms with Crippen molar-refractivity contribution in [3.05, 3.63) is 23.3 Å². The van der Waals surface area contributed by atoms with Gasteiger partial charge in [0.05, 0.1) is 0 Å². The minimum Gasteiger partial charge on any atom is -0.396 e. The highest BCUT2D eigenvalue weighted by molar-refractivity contribution is 5.92. The fourth-order valence-electron chi connectivity index (χ4n) is 3.08. The van der Waals surface area contributed by atoms with Gasteiger partial charge in [0.2, 0.25) is 0 Å². The molecule has 1 aliphatic rings. The molecule has 0 saturated carbocycles. The first-order chi connectivity index (χ1) is 11.5. The van der Waals surface area contributed by atoms with Gasteiger partial charge in [-0.05, 0) is 57.2 Å². The summed E-state index contributed by atoms with van der Waals surface area (Å²) in [5.74, 6) is 1.45. The Kier molecular flexibility index (Phi) is 7.12. The summed E-state index contributed by atoms with van der Waals surface area (Å²) < 4.78 is 0. The molecule has 1 saturated heterocycles. The van der Waals surface area contributed by atoms with Gasteiger partial charge in [0, 0.05) is 25.4 Å². The number of nitrogens with zero attached hydrogens (tertiary/aromatic N) is 3. The number of likely N-dealkylation sites (tertiary alicyclic amines) is 1. The van der Waals surface area contributed by atoms with E-state index in [-0.39, 0.29) is 12.5 Å². The van der Waals surface area contributed by atoms with Crippen LogP contribution in [0.5, 0.6) is 0 Å².